The van der Waals surface area contributed by atoms with Crippen molar-refractivity contribution in [3.05, 3.63) is 66.0 Å². The third kappa shape index (κ3) is 4.13. The van der Waals surface area contributed by atoms with Crippen LogP contribution in [0.25, 0.3) is 11.4 Å². The fraction of sp³-hybridized carbons (Fsp3) is 0.200. The Morgan fingerprint density at radius 3 is 2.54 bits per heavy atom. The maximum absolute atomic E-state index is 12.6. The highest BCUT2D eigenvalue weighted by Gasteiger charge is 2.23. The summed E-state index contributed by atoms with van der Waals surface area (Å²) in [6, 6.07) is 14.3. The first-order chi connectivity index (χ1) is 13.3. The van der Waals surface area contributed by atoms with E-state index in [9.17, 15) is 13.2 Å². The SMILES string of the molecule is CCSc1ccccc1-c1nc(C(=O)NS(=O)(=O)c2ccccc2C)cn1C. The highest BCUT2D eigenvalue weighted by Crippen LogP contribution is 2.30. The van der Waals surface area contributed by atoms with E-state index in [1.807, 2.05) is 24.3 Å². The summed E-state index contributed by atoms with van der Waals surface area (Å²) in [6.45, 7) is 3.75. The number of aromatic nitrogens is 2. The van der Waals surface area contributed by atoms with E-state index in [1.54, 1.807) is 48.5 Å². The number of hydrogen-bond donors (Lipinski definition) is 1. The van der Waals surface area contributed by atoms with Crippen LogP contribution in [-0.4, -0.2) is 29.6 Å². The summed E-state index contributed by atoms with van der Waals surface area (Å²) in [7, 11) is -2.20. The topological polar surface area (TPSA) is 81.1 Å². The molecule has 0 fully saturated rings. The molecule has 0 unspecified atom stereocenters. The van der Waals surface area contributed by atoms with Crippen LogP contribution in [0.1, 0.15) is 23.0 Å². The Balaban J connectivity index is 1.91. The van der Waals surface area contributed by atoms with E-state index in [0.717, 1.165) is 16.2 Å². The van der Waals surface area contributed by atoms with Crippen LogP contribution in [-0.2, 0) is 17.1 Å². The van der Waals surface area contributed by atoms with Crippen LogP contribution in [0.3, 0.4) is 0 Å². The monoisotopic (exact) mass is 415 g/mol. The molecule has 0 aliphatic carbocycles. The molecule has 0 spiro atoms. The number of amides is 1. The van der Waals surface area contributed by atoms with Crippen molar-refractivity contribution in [2.45, 2.75) is 23.6 Å². The average Bonchev–Trinajstić information content (AvgIpc) is 3.04. The number of thioether (sulfide) groups is 1. The summed E-state index contributed by atoms with van der Waals surface area (Å²) < 4.78 is 29.0. The maximum Gasteiger partial charge on any atom is 0.285 e. The minimum atomic E-state index is -3.98. The molecule has 0 saturated carbocycles. The van der Waals surface area contributed by atoms with Crippen LogP contribution in [0.4, 0.5) is 0 Å². The van der Waals surface area contributed by atoms with Crippen LogP contribution in [0, 0.1) is 6.92 Å². The quantitative estimate of drug-likeness (QED) is 0.622. The van der Waals surface area contributed by atoms with Crippen LogP contribution < -0.4 is 4.72 Å². The van der Waals surface area contributed by atoms with Crippen LogP contribution in [0.2, 0.25) is 0 Å². The summed E-state index contributed by atoms with van der Waals surface area (Å²) in [5, 5.41) is 0. The predicted octanol–water partition coefficient (Wildman–Crippen LogP) is 3.63. The van der Waals surface area contributed by atoms with Crippen molar-refractivity contribution in [1.82, 2.24) is 14.3 Å². The number of hydrogen-bond acceptors (Lipinski definition) is 5. The van der Waals surface area contributed by atoms with Crippen LogP contribution in [0.5, 0.6) is 0 Å². The molecule has 146 valence electrons. The van der Waals surface area contributed by atoms with Gasteiger partial charge in [0.25, 0.3) is 15.9 Å². The summed E-state index contributed by atoms with van der Waals surface area (Å²) in [5.74, 6) is 0.754. The molecule has 3 rings (SSSR count). The maximum atomic E-state index is 12.6. The highest BCUT2D eigenvalue weighted by atomic mass is 32.2. The first kappa shape index (κ1) is 20.2. The molecule has 1 N–H and O–H groups in total. The first-order valence-corrected chi connectivity index (χ1v) is 11.2. The summed E-state index contributed by atoms with van der Waals surface area (Å²) >= 11 is 1.68. The number of imidazole rings is 1. The van der Waals surface area contributed by atoms with Gasteiger partial charge in [0.15, 0.2) is 0 Å². The van der Waals surface area contributed by atoms with E-state index in [2.05, 4.69) is 16.6 Å². The molecule has 1 aromatic heterocycles. The molecule has 28 heavy (non-hydrogen) atoms. The second-order valence-corrected chi connectivity index (χ2v) is 9.15. The highest BCUT2D eigenvalue weighted by molar-refractivity contribution is 7.99. The molecule has 1 amide bonds. The van der Waals surface area contributed by atoms with Gasteiger partial charge in [-0.15, -0.1) is 11.8 Å². The number of sulfonamides is 1. The van der Waals surface area contributed by atoms with Crippen molar-refractivity contribution >= 4 is 27.7 Å². The molecular formula is C20H21N3O3S2. The van der Waals surface area contributed by atoms with E-state index >= 15 is 0 Å². The molecule has 1 heterocycles. The van der Waals surface area contributed by atoms with E-state index < -0.39 is 15.9 Å². The Kier molecular flexibility index (Phi) is 5.90. The molecule has 8 heteroatoms. The Labute approximate surface area is 169 Å². The van der Waals surface area contributed by atoms with Gasteiger partial charge in [-0.1, -0.05) is 43.3 Å². The van der Waals surface area contributed by atoms with Gasteiger partial charge in [0.1, 0.15) is 11.5 Å². The predicted molar refractivity (Wildman–Crippen MR) is 111 cm³/mol. The molecule has 0 aliphatic heterocycles. The normalized spacial score (nSPS) is 11.4. The Bertz CT molecular complexity index is 1120. The number of rotatable bonds is 6. The Morgan fingerprint density at radius 2 is 1.82 bits per heavy atom. The second kappa shape index (κ2) is 8.20. The van der Waals surface area contributed by atoms with E-state index in [4.69, 9.17) is 0 Å². The zero-order chi connectivity index (χ0) is 20.3. The average molecular weight is 416 g/mol. The molecule has 2 aromatic carbocycles. The number of nitrogens with one attached hydrogen (secondary N) is 1. The van der Waals surface area contributed by atoms with Gasteiger partial charge in [0.05, 0.1) is 4.90 Å². The second-order valence-electron chi connectivity index (χ2n) is 6.19. The molecule has 3 aromatic rings. The van der Waals surface area contributed by atoms with Crippen molar-refractivity contribution in [1.29, 1.82) is 0 Å². The fourth-order valence-corrected chi connectivity index (χ4v) is 4.85. The van der Waals surface area contributed by atoms with E-state index in [-0.39, 0.29) is 10.6 Å². The Morgan fingerprint density at radius 1 is 1.14 bits per heavy atom. The van der Waals surface area contributed by atoms with Gasteiger partial charge in [-0.3, -0.25) is 4.79 Å². The minimum Gasteiger partial charge on any atom is -0.333 e. The Hall–Kier alpha value is -2.58. The molecule has 0 bridgehead atoms. The largest absolute Gasteiger partial charge is 0.333 e. The van der Waals surface area contributed by atoms with Gasteiger partial charge in [-0.25, -0.2) is 18.1 Å². The number of nitrogens with zero attached hydrogens (tertiary/aromatic N) is 2. The lowest BCUT2D eigenvalue weighted by molar-refractivity contribution is 0.0977. The minimum absolute atomic E-state index is 0.0472. The van der Waals surface area contributed by atoms with Gasteiger partial charge in [0, 0.05) is 23.7 Å². The molecule has 0 saturated heterocycles. The molecular weight excluding hydrogens is 394 g/mol. The molecule has 0 aliphatic rings. The van der Waals surface area contributed by atoms with Crippen molar-refractivity contribution < 1.29 is 13.2 Å². The zero-order valence-electron chi connectivity index (χ0n) is 15.8. The number of aryl methyl sites for hydroxylation is 2. The van der Waals surface area contributed by atoms with E-state index in [1.165, 1.54) is 12.3 Å². The summed E-state index contributed by atoms with van der Waals surface area (Å²) in [6.07, 6.45) is 1.53. The zero-order valence-corrected chi connectivity index (χ0v) is 17.5. The lowest BCUT2D eigenvalue weighted by Gasteiger charge is -2.08. The lowest BCUT2D eigenvalue weighted by atomic mass is 10.2. The molecule has 0 atom stereocenters. The van der Waals surface area contributed by atoms with Gasteiger partial charge in [-0.2, -0.15) is 0 Å². The smallest absolute Gasteiger partial charge is 0.285 e. The van der Waals surface area contributed by atoms with Gasteiger partial charge < -0.3 is 4.57 Å². The third-order valence-electron chi connectivity index (χ3n) is 4.15. The van der Waals surface area contributed by atoms with Crippen LogP contribution in [0.15, 0.2) is 64.5 Å². The van der Waals surface area contributed by atoms with Crippen molar-refractivity contribution in [3.63, 3.8) is 0 Å². The number of carbonyl (C=O) groups is 1. The lowest BCUT2D eigenvalue weighted by Crippen LogP contribution is -2.31. The van der Waals surface area contributed by atoms with Crippen LogP contribution >= 0.6 is 11.8 Å². The number of carbonyl (C=O) groups excluding carboxylic acids is 1. The first-order valence-electron chi connectivity index (χ1n) is 8.72. The standard InChI is InChI=1S/C20H21N3O3S2/c1-4-27-17-11-7-6-10-15(17)19-21-16(13-23(19)3)20(24)22-28(25,26)18-12-8-5-9-14(18)2/h5-13H,4H2,1-3H3,(H,22,24). The van der Waals surface area contributed by atoms with Crippen molar-refractivity contribution in [2.75, 3.05) is 5.75 Å². The van der Waals surface area contributed by atoms with Gasteiger partial charge >= 0.3 is 0 Å². The molecule has 6 nitrogen and oxygen atoms in total. The fourth-order valence-electron chi connectivity index (χ4n) is 2.85. The summed E-state index contributed by atoms with van der Waals surface area (Å²) in [4.78, 5) is 18.1. The van der Waals surface area contributed by atoms with Crippen molar-refractivity contribution in [2.24, 2.45) is 7.05 Å². The third-order valence-corrected chi connectivity index (χ3v) is 6.59. The summed E-state index contributed by atoms with van der Waals surface area (Å²) in [5.41, 5.74) is 1.51. The van der Waals surface area contributed by atoms with Gasteiger partial charge in [0.2, 0.25) is 0 Å². The number of benzene rings is 2. The van der Waals surface area contributed by atoms with E-state index in [0.29, 0.717) is 11.4 Å². The molecule has 0 radical (unpaired) electrons. The van der Waals surface area contributed by atoms with Crippen molar-refractivity contribution in [3.8, 4) is 11.4 Å². The van der Waals surface area contributed by atoms with Gasteiger partial charge in [-0.05, 0) is 30.4 Å².